The van der Waals surface area contributed by atoms with E-state index < -0.39 is 29.4 Å². The fourth-order valence-corrected chi connectivity index (χ4v) is 12.8. The van der Waals surface area contributed by atoms with Crippen LogP contribution in [0.3, 0.4) is 0 Å². The molecule has 500 valence electrons. The lowest BCUT2D eigenvalue weighted by Gasteiger charge is -2.48. The van der Waals surface area contributed by atoms with Crippen molar-refractivity contribution in [2.24, 2.45) is 17.8 Å². The topological polar surface area (TPSA) is 301 Å². The van der Waals surface area contributed by atoms with Crippen LogP contribution in [0.25, 0.3) is 16.9 Å². The lowest BCUT2D eigenvalue weighted by molar-refractivity contribution is -0.151. The number of carboxylic acids is 3. The van der Waals surface area contributed by atoms with E-state index in [4.69, 9.17) is 19.7 Å². The summed E-state index contributed by atoms with van der Waals surface area (Å²) in [4.78, 5) is 115. The fraction of sp³-hybridized carbons (Fsp3) is 0.646. The van der Waals surface area contributed by atoms with Gasteiger partial charge in [0.25, 0.3) is 11.8 Å². The number of aliphatic hydroxyl groups is 1. The van der Waals surface area contributed by atoms with Gasteiger partial charge in [-0.1, -0.05) is 33.3 Å². The lowest BCUT2D eigenvalue weighted by Crippen LogP contribution is -2.62. The minimum Gasteiger partial charge on any atom is -0.496 e. The number of fused-ring (bicyclic) bond motifs is 2. The molecule has 25 heteroatoms. The van der Waals surface area contributed by atoms with E-state index in [0.29, 0.717) is 144 Å². The number of benzene rings is 2. The number of methoxy groups -OCH3 is 2. The smallest absolute Gasteiger partial charge is 0.329 e. The molecule has 3 aromatic rings. The Balaban J connectivity index is 0.00000729. The van der Waals surface area contributed by atoms with Gasteiger partial charge in [0.1, 0.15) is 23.3 Å². The second-order valence-corrected chi connectivity index (χ2v) is 24.7. The normalized spacial score (nSPS) is 19.5. The number of nitrogens with zero attached hydrogens (tertiary/aromatic N) is 9. The number of aldehydes is 1. The molecule has 0 spiro atoms. The van der Waals surface area contributed by atoms with Crippen molar-refractivity contribution in [3.63, 3.8) is 0 Å². The molecule has 2 heterocycles. The zero-order valence-electron chi connectivity index (χ0n) is 54.6. The molecule has 4 atom stereocenters. The predicted molar refractivity (Wildman–Crippen MR) is 341 cm³/mol. The molecule has 1 saturated heterocycles. The van der Waals surface area contributed by atoms with E-state index in [1.54, 1.807) is 75.9 Å². The van der Waals surface area contributed by atoms with Crippen LogP contribution >= 0.6 is 0 Å². The summed E-state index contributed by atoms with van der Waals surface area (Å²) >= 11 is 0. The maximum absolute atomic E-state index is 14.4. The first-order chi connectivity index (χ1) is 43.0. The van der Waals surface area contributed by atoms with Crippen LogP contribution in [0.2, 0.25) is 0 Å². The molecule has 25 nitrogen and oxygen atoms in total. The van der Waals surface area contributed by atoms with E-state index in [0.717, 1.165) is 77.0 Å². The number of aliphatic carboxylic acids is 3. The lowest BCUT2D eigenvalue weighted by atomic mass is 9.60. The zero-order valence-corrected chi connectivity index (χ0v) is 54.6. The quantitative estimate of drug-likeness (QED) is 0.0389. The summed E-state index contributed by atoms with van der Waals surface area (Å²) in [5.74, 6) is -2.37. The third kappa shape index (κ3) is 21.6. The summed E-state index contributed by atoms with van der Waals surface area (Å²) < 4.78 is 13.3. The molecular formula is C65H101N11O14. The number of aliphatic hydroxyl groups excluding tert-OH is 1. The molecule has 3 aliphatic rings. The molecule has 3 fully saturated rings. The molecule has 2 aromatic carbocycles. The minimum atomic E-state index is -1.42. The van der Waals surface area contributed by atoms with Crippen molar-refractivity contribution >= 4 is 47.8 Å². The van der Waals surface area contributed by atoms with Crippen LogP contribution in [0.5, 0.6) is 11.5 Å². The Hall–Kier alpha value is -7.03. The van der Waals surface area contributed by atoms with Gasteiger partial charge in [-0.05, 0) is 144 Å². The highest BCUT2D eigenvalue weighted by Gasteiger charge is 2.53. The Morgan fingerprint density at radius 2 is 1.30 bits per heavy atom. The summed E-state index contributed by atoms with van der Waals surface area (Å²) in [6, 6.07) is 12.5. The minimum absolute atomic E-state index is 0.0369. The molecule has 4 amide bonds. The average molecular weight is 1260 g/mol. The standard InChI is InChI=1S/C64H97N11O13.CH4O/c1-45(2)50-40-48(18-19-52(50)75-53(60-54(87-7)15-12-16-55(60)88-8)41-51(67-75)61(83)66-64(63(85)86)21-20-47-37-46(3)38-49(64)39-47)62(84)70(6)26-14-24-68(4)23-13-25-69(5)57(78)17-10-9-11-22-65-56(77)42-72-31-33-73(43-58(79)80)29-27-71(35-36-76)28-30-74(34-32-72)44-59(81)82;1-2/h12,15-16,18-19,36,40-41,45-47,49H,9-11,13-14,17,20-35,37-39,42-44H2,1-8H3,(H,65,77)(H,66,83)(H,79,80)(H,81,82)(H,85,86);2H,1H3. The number of carbonyl (C=O) groups is 8. The van der Waals surface area contributed by atoms with Crippen molar-refractivity contribution in [1.82, 2.24) is 54.7 Å². The van der Waals surface area contributed by atoms with Crippen LogP contribution in [0, 0.1) is 17.8 Å². The third-order valence-corrected chi connectivity index (χ3v) is 17.7. The average Bonchev–Trinajstić information content (AvgIpc) is 1.35. The van der Waals surface area contributed by atoms with Gasteiger partial charge in [-0.2, -0.15) is 5.10 Å². The highest BCUT2D eigenvalue weighted by atomic mass is 16.5. The first-order valence-corrected chi connectivity index (χ1v) is 31.7. The van der Waals surface area contributed by atoms with Gasteiger partial charge >= 0.3 is 17.9 Å². The monoisotopic (exact) mass is 1260 g/mol. The maximum atomic E-state index is 14.4. The largest absolute Gasteiger partial charge is 0.496 e. The van der Waals surface area contributed by atoms with Crippen molar-refractivity contribution in [2.75, 3.05) is 154 Å². The number of unbranched alkanes of at least 4 members (excludes halogenated alkanes) is 2. The third-order valence-electron chi connectivity index (χ3n) is 17.7. The van der Waals surface area contributed by atoms with Gasteiger partial charge in [0, 0.05) is 105 Å². The molecule has 6 rings (SSSR count). The number of amides is 4. The van der Waals surface area contributed by atoms with Gasteiger partial charge in [-0.3, -0.25) is 48.4 Å². The van der Waals surface area contributed by atoms with Crippen LogP contribution in [0.4, 0.5) is 0 Å². The predicted octanol–water partition coefficient (Wildman–Crippen LogP) is 4.20. The van der Waals surface area contributed by atoms with Crippen LogP contribution in [0.15, 0.2) is 42.5 Å². The van der Waals surface area contributed by atoms with E-state index in [1.165, 1.54) is 0 Å². The van der Waals surface area contributed by atoms with Crippen molar-refractivity contribution in [2.45, 2.75) is 103 Å². The molecule has 2 bridgehead atoms. The van der Waals surface area contributed by atoms with E-state index in [1.807, 2.05) is 49.9 Å². The first-order valence-electron chi connectivity index (χ1n) is 31.7. The van der Waals surface area contributed by atoms with Crippen LogP contribution in [0.1, 0.15) is 124 Å². The van der Waals surface area contributed by atoms with E-state index in [2.05, 4.69) is 22.5 Å². The summed E-state index contributed by atoms with van der Waals surface area (Å²) in [6.07, 6.45) is 8.40. The van der Waals surface area contributed by atoms with E-state index in [9.17, 15) is 53.7 Å². The zero-order chi connectivity index (χ0) is 66.1. The Morgan fingerprint density at radius 3 is 1.86 bits per heavy atom. The number of rotatable bonds is 31. The van der Waals surface area contributed by atoms with Crippen molar-refractivity contribution < 1.29 is 68.3 Å². The number of ether oxygens (including phenoxy) is 2. The Kier molecular flexibility index (Phi) is 30.1. The highest BCUT2D eigenvalue weighted by molar-refractivity contribution is 5.98. The molecule has 2 saturated carbocycles. The number of aromatic nitrogens is 2. The van der Waals surface area contributed by atoms with Crippen LogP contribution in [-0.2, 0) is 28.8 Å². The number of nitrogens with one attached hydrogen (secondary N) is 2. The van der Waals surface area contributed by atoms with Gasteiger partial charge in [0.15, 0.2) is 5.69 Å². The Labute approximate surface area is 531 Å². The van der Waals surface area contributed by atoms with Crippen molar-refractivity contribution in [3.8, 4) is 28.4 Å². The second kappa shape index (κ2) is 36.7. The number of carbonyl (C=O) groups excluding carboxylic acids is 5. The molecule has 4 unspecified atom stereocenters. The first kappa shape index (κ1) is 73.7. The molecule has 6 N–H and O–H groups in total. The number of hydrogen-bond acceptors (Lipinski definition) is 17. The SMILES string of the molecule is CO.COc1cccc(OC)c1-c1cc(C(=O)NC2(C(=O)O)CCC3CC(C)CC2C3)nn1-c1ccc(C(=O)N(C)CCCN(C)CCCN(C)C(=O)CCCCCNC(=O)CN2CCN(CC(=O)O)CCN(CC=O)CCN(CC(=O)O)CC2)cc1C(C)C. The van der Waals surface area contributed by atoms with Gasteiger partial charge < -0.3 is 60.0 Å². The summed E-state index contributed by atoms with van der Waals surface area (Å²) in [6.45, 7) is 12.3. The summed E-state index contributed by atoms with van der Waals surface area (Å²) in [7, 11) is 9.72. The van der Waals surface area contributed by atoms with E-state index >= 15 is 0 Å². The second-order valence-electron chi connectivity index (χ2n) is 24.7. The van der Waals surface area contributed by atoms with Gasteiger partial charge in [0.05, 0.1) is 57.3 Å². The summed E-state index contributed by atoms with van der Waals surface area (Å²) in [5, 5.41) is 47.7. The Bertz CT molecular complexity index is 2800. The molecule has 1 aromatic heterocycles. The van der Waals surface area contributed by atoms with Crippen LogP contribution < -0.4 is 20.1 Å². The van der Waals surface area contributed by atoms with Crippen molar-refractivity contribution in [3.05, 3.63) is 59.3 Å². The van der Waals surface area contributed by atoms with Crippen LogP contribution in [-0.4, -0.2) is 272 Å². The molecule has 90 heavy (non-hydrogen) atoms. The summed E-state index contributed by atoms with van der Waals surface area (Å²) in [5.41, 5.74) is 1.58. The molecule has 1 aliphatic heterocycles. The number of carboxylic acid groups (broad SMARTS) is 3. The van der Waals surface area contributed by atoms with Gasteiger partial charge in [-0.25, -0.2) is 9.48 Å². The molecule has 0 radical (unpaired) electrons. The fourth-order valence-electron chi connectivity index (χ4n) is 12.8. The maximum Gasteiger partial charge on any atom is 0.329 e. The van der Waals surface area contributed by atoms with Crippen molar-refractivity contribution in [1.29, 1.82) is 0 Å². The van der Waals surface area contributed by atoms with E-state index in [-0.39, 0.29) is 61.4 Å². The molecular weight excluding hydrogens is 1160 g/mol. The van der Waals surface area contributed by atoms with Gasteiger partial charge in [-0.15, -0.1) is 0 Å². The number of hydrogen-bond donors (Lipinski definition) is 6. The Morgan fingerprint density at radius 1 is 0.722 bits per heavy atom. The highest BCUT2D eigenvalue weighted by Crippen LogP contribution is 2.48. The molecule has 2 aliphatic carbocycles. The van der Waals surface area contributed by atoms with Gasteiger partial charge in [0.2, 0.25) is 11.8 Å².